The van der Waals surface area contributed by atoms with Gasteiger partial charge >= 0.3 is 0 Å². The Morgan fingerprint density at radius 2 is 1.81 bits per heavy atom. The molecule has 2 aromatic rings. The Kier molecular flexibility index (Phi) is 5.98. The summed E-state index contributed by atoms with van der Waals surface area (Å²) in [6.07, 6.45) is 1.45. The number of amides is 2. The van der Waals surface area contributed by atoms with Crippen molar-refractivity contribution in [1.82, 2.24) is 10.2 Å². The van der Waals surface area contributed by atoms with Crippen molar-refractivity contribution >= 4 is 23.4 Å². The van der Waals surface area contributed by atoms with Crippen molar-refractivity contribution in [2.24, 2.45) is 5.41 Å². The zero-order valence-corrected chi connectivity index (χ0v) is 18.5. The van der Waals surface area contributed by atoms with Crippen LogP contribution in [0.3, 0.4) is 0 Å². The number of nitrogens with one attached hydrogen (secondary N) is 1. The average Bonchev–Trinajstić information content (AvgIpc) is 2.74. The van der Waals surface area contributed by atoms with Gasteiger partial charge in [0, 0.05) is 37.0 Å². The van der Waals surface area contributed by atoms with Crippen molar-refractivity contribution < 1.29 is 23.5 Å². The van der Waals surface area contributed by atoms with Crippen LogP contribution in [-0.2, 0) is 15.2 Å². The van der Waals surface area contributed by atoms with Gasteiger partial charge in [-0.2, -0.15) is 0 Å². The van der Waals surface area contributed by atoms with Crippen molar-refractivity contribution in [3.63, 3.8) is 0 Å². The molecule has 2 amide bonds. The van der Waals surface area contributed by atoms with Gasteiger partial charge in [0.25, 0.3) is 5.91 Å². The zero-order chi connectivity index (χ0) is 23.1. The van der Waals surface area contributed by atoms with E-state index in [2.05, 4.69) is 5.32 Å². The van der Waals surface area contributed by atoms with E-state index in [-0.39, 0.29) is 33.6 Å². The Morgan fingerprint density at radius 3 is 2.44 bits per heavy atom. The van der Waals surface area contributed by atoms with Crippen LogP contribution in [0.4, 0.5) is 8.78 Å². The average molecular weight is 463 g/mol. The van der Waals surface area contributed by atoms with Crippen LogP contribution in [0.1, 0.15) is 43.2 Å². The van der Waals surface area contributed by atoms with Crippen molar-refractivity contribution in [1.29, 1.82) is 0 Å². The fraction of sp³-hybridized carbons (Fsp3) is 0.417. The number of hydrogen-bond acceptors (Lipinski definition) is 3. The summed E-state index contributed by atoms with van der Waals surface area (Å²) in [5.74, 6) is -1.52. The molecule has 170 valence electrons. The van der Waals surface area contributed by atoms with Gasteiger partial charge in [-0.25, -0.2) is 8.78 Å². The third-order valence-electron chi connectivity index (χ3n) is 6.92. The van der Waals surface area contributed by atoms with E-state index in [9.17, 15) is 23.5 Å². The summed E-state index contributed by atoms with van der Waals surface area (Å²) in [6.45, 7) is 2.49. The highest BCUT2D eigenvalue weighted by Crippen LogP contribution is 2.49. The van der Waals surface area contributed by atoms with Gasteiger partial charge < -0.3 is 15.3 Å². The Morgan fingerprint density at radius 1 is 1.16 bits per heavy atom. The van der Waals surface area contributed by atoms with E-state index < -0.39 is 17.3 Å². The molecule has 8 heteroatoms. The number of likely N-dealkylation sites (tertiary alicyclic amines) is 1. The zero-order valence-electron chi connectivity index (χ0n) is 17.7. The maximum atomic E-state index is 13.8. The molecule has 0 radical (unpaired) electrons. The molecule has 2 saturated heterocycles. The van der Waals surface area contributed by atoms with Crippen LogP contribution in [0.5, 0.6) is 0 Å². The molecule has 0 aromatic heterocycles. The third-order valence-corrected chi connectivity index (χ3v) is 7.13. The van der Waals surface area contributed by atoms with E-state index >= 15 is 0 Å². The van der Waals surface area contributed by atoms with Crippen molar-refractivity contribution in [3.05, 3.63) is 70.2 Å². The minimum atomic E-state index is -1.93. The van der Waals surface area contributed by atoms with Gasteiger partial charge in [-0.15, -0.1) is 0 Å². The number of piperidine rings is 2. The monoisotopic (exact) mass is 462 g/mol. The lowest BCUT2D eigenvalue weighted by molar-refractivity contribution is -0.154. The second-order valence-electron chi connectivity index (χ2n) is 8.97. The van der Waals surface area contributed by atoms with E-state index in [1.165, 1.54) is 25.1 Å². The fourth-order valence-electron chi connectivity index (χ4n) is 5.05. The van der Waals surface area contributed by atoms with Crippen molar-refractivity contribution in [2.75, 3.05) is 19.6 Å². The van der Waals surface area contributed by atoms with E-state index in [0.717, 1.165) is 17.7 Å². The Hall–Kier alpha value is -2.51. The van der Waals surface area contributed by atoms with E-state index in [1.54, 1.807) is 17.0 Å². The molecule has 2 aromatic carbocycles. The molecule has 2 fully saturated rings. The number of hydrogen-bond donors (Lipinski definition) is 2. The summed E-state index contributed by atoms with van der Waals surface area (Å²) in [7, 11) is 0. The minimum Gasteiger partial charge on any atom is -0.376 e. The summed E-state index contributed by atoms with van der Waals surface area (Å²) in [6, 6.07) is 9.92. The highest BCUT2D eigenvalue weighted by Gasteiger charge is 2.48. The van der Waals surface area contributed by atoms with E-state index in [4.69, 9.17) is 11.6 Å². The molecule has 2 N–H and O–H groups in total. The maximum absolute atomic E-state index is 13.8. The SMILES string of the molecule is C[C@@](O)(C(=O)N1CCC2(CC1)CC(=O)NC[C@H]2c1ccc(F)cc1)c1cc(F)cc(Cl)c1. The highest BCUT2D eigenvalue weighted by atomic mass is 35.5. The number of benzene rings is 2. The van der Waals surface area contributed by atoms with Crippen LogP contribution < -0.4 is 5.32 Å². The van der Waals surface area contributed by atoms with Crippen molar-refractivity contribution in [3.8, 4) is 0 Å². The largest absolute Gasteiger partial charge is 0.376 e. The van der Waals surface area contributed by atoms with Gasteiger partial charge in [-0.05, 0) is 66.6 Å². The molecule has 0 unspecified atom stereocenters. The Balaban J connectivity index is 1.54. The quantitative estimate of drug-likeness (QED) is 0.730. The summed E-state index contributed by atoms with van der Waals surface area (Å²) >= 11 is 5.90. The lowest BCUT2D eigenvalue weighted by atomic mass is 9.62. The molecule has 2 aliphatic rings. The van der Waals surface area contributed by atoms with Gasteiger partial charge in [0.2, 0.25) is 5.91 Å². The van der Waals surface area contributed by atoms with Gasteiger partial charge in [0.1, 0.15) is 11.6 Å². The Bertz CT molecular complexity index is 1010. The molecule has 4 rings (SSSR count). The molecule has 2 heterocycles. The summed E-state index contributed by atoms with van der Waals surface area (Å²) in [5, 5.41) is 13.9. The third kappa shape index (κ3) is 4.24. The molecule has 2 atom stereocenters. The number of rotatable bonds is 3. The molecule has 0 saturated carbocycles. The summed E-state index contributed by atoms with van der Waals surface area (Å²) < 4.78 is 27.2. The lowest BCUT2D eigenvalue weighted by Crippen LogP contribution is -2.55. The second-order valence-corrected chi connectivity index (χ2v) is 9.41. The van der Waals surface area contributed by atoms with Crippen LogP contribution in [0, 0.1) is 17.0 Å². The van der Waals surface area contributed by atoms with Crippen LogP contribution in [0.25, 0.3) is 0 Å². The molecular formula is C24H25ClF2N2O3. The first-order valence-corrected chi connectivity index (χ1v) is 11.0. The Labute approximate surface area is 190 Å². The first-order chi connectivity index (χ1) is 15.1. The molecule has 0 aliphatic carbocycles. The predicted octanol–water partition coefficient (Wildman–Crippen LogP) is 3.74. The van der Waals surface area contributed by atoms with Crippen molar-refractivity contribution in [2.45, 2.75) is 37.7 Å². The van der Waals surface area contributed by atoms with Gasteiger partial charge in [0.15, 0.2) is 5.60 Å². The molecular weight excluding hydrogens is 438 g/mol. The first kappa shape index (κ1) is 22.7. The van der Waals surface area contributed by atoms with E-state index in [0.29, 0.717) is 38.9 Å². The number of carbonyl (C=O) groups is 2. The topological polar surface area (TPSA) is 69.6 Å². The predicted molar refractivity (Wildman–Crippen MR) is 116 cm³/mol. The number of aliphatic hydroxyl groups is 1. The highest BCUT2D eigenvalue weighted by molar-refractivity contribution is 6.30. The second kappa shape index (κ2) is 8.45. The summed E-state index contributed by atoms with van der Waals surface area (Å²) in [5.41, 5.74) is -1.25. The maximum Gasteiger partial charge on any atom is 0.258 e. The molecule has 32 heavy (non-hydrogen) atoms. The van der Waals surface area contributed by atoms with E-state index in [1.807, 2.05) is 0 Å². The molecule has 5 nitrogen and oxygen atoms in total. The number of carbonyl (C=O) groups excluding carboxylic acids is 2. The van der Waals surface area contributed by atoms with Gasteiger partial charge in [-0.1, -0.05) is 23.7 Å². The number of nitrogens with zero attached hydrogens (tertiary/aromatic N) is 1. The molecule has 2 aliphatic heterocycles. The lowest BCUT2D eigenvalue weighted by Gasteiger charge is -2.49. The normalized spacial score (nSPS) is 22.3. The fourth-order valence-corrected chi connectivity index (χ4v) is 5.27. The van der Waals surface area contributed by atoms with Crippen LogP contribution in [-0.4, -0.2) is 41.5 Å². The van der Waals surface area contributed by atoms with Gasteiger partial charge in [-0.3, -0.25) is 9.59 Å². The van der Waals surface area contributed by atoms with Crippen LogP contribution in [0.15, 0.2) is 42.5 Å². The van der Waals surface area contributed by atoms with Gasteiger partial charge in [0.05, 0.1) is 0 Å². The molecule has 0 bridgehead atoms. The minimum absolute atomic E-state index is 0.000545. The number of halogens is 3. The molecule has 1 spiro atoms. The summed E-state index contributed by atoms with van der Waals surface area (Å²) in [4.78, 5) is 27.0. The van der Waals surface area contributed by atoms with Crippen LogP contribution in [0.2, 0.25) is 5.02 Å². The first-order valence-electron chi connectivity index (χ1n) is 10.6. The van der Waals surface area contributed by atoms with Crippen LogP contribution >= 0.6 is 11.6 Å². The standard InChI is InChI=1S/C24H25ClF2N2O3/c1-23(32,16-10-17(25)12-19(27)11-16)22(31)29-8-6-24(7-9-29)13-21(30)28-14-20(24)15-2-4-18(26)5-3-15/h2-5,10-12,20,32H,6-9,13-14H2,1H3,(H,28,30)/t20-,23-/m0/s1. The smallest absolute Gasteiger partial charge is 0.258 e.